The fraction of sp³-hybridized carbons (Fsp3) is 0.375. The number of benzene rings is 2. The average molecular weight is 422 g/mol. The smallest absolute Gasteiger partial charge is 0.261 e. The molecule has 2 aromatic carbocycles. The number of nitrogens with zero attached hydrogens (tertiary/aromatic N) is 1. The number of rotatable bonds is 7. The Bertz CT molecular complexity index is 982. The minimum atomic E-state index is -0.294. The second-order valence-corrected chi connectivity index (χ2v) is 8.10. The molecule has 0 unspecified atom stereocenters. The van der Waals surface area contributed by atoms with Gasteiger partial charge in [0.05, 0.1) is 17.2 Å². The van der Waals surface area contributed by atoms with Crippen LogP contribution in [-0.4, -0.2) is 42.4 Å². The highest BCUT2D eigenvalue weighted by atomic mass is 16.6. The van der Waals surface area contributed by atoms with Crippen LogP contribution in [0.4, 0.5) is 0 Å². The van der Waals surface area contributed by atoms with Crippen molar-refractivity contribution in [2.75, 3.05) is 19.8 Å². The molecule has 31 heavy (non-hydrogen) atoms. The summed E-state index contributed by atoms with van der Waals surface area (Å²) < 4.78 is 11.2. The minimum Gasteiger partial charge on any atom is -0.486 e. The Morgan fingerprint density at radius 3 is 2.29 bits per heavy atom. The maximum Gasteiger partial charge on any atom is 0.261 e. The van der Waals surface area contributed by atoms with Crippen LogP contribution in [0.1, 0.15) is 59.0 Å². The molecule has 0 bridgehead atoms. The molecule has 4 rings (SSSR count). The summed E-state index contributed by atoms with van der Waals surface area (Å²) in [4.78, 5) is 38.7. The van der Waals surface area contributed by atoms with E-state index in [1.54, 1.807) is 24.3 Å². The lowest BCUT2D eigenvalue weighted by atomic mass is 9.95. The van der Waals surface area contributed by atoms with E-state index in [2.05, 4.69) is 5.32 Å². The lowest BCUT2D eigenvalue weighted by Gasteiger charge is -2.25. The van der Waals surface area contributed by atoms with Gasteiger partial charge in [-0.1, -0.05) is 32.0 Å². The van der Waals surface area contributed by atoms with Gasteiger partial charge in [-0.15, -0.1) is 0 Å². The largest absolute Gasteiger partial charge is 0.486 e. The SMILES string of the molecule is CC(C)[C@H](NC(=O)CCCN1C(=O)c2ccccc2C1=O)c1ccc2c(c1)OCCO2. The summed E-state index contributed by atoms with van der Waals surface area (Å²) in [5, 5.41) is 3.08. The zero-order chi connectivity index (χ0) is 22.0. The Kier molecular flexibility index (Phi) is 5.93. The number of amides is 3. The van der Waals surface area contributed by atoms with Crippen molar-refractivity contribution in [3.8, 4) is 11.5 Å². The van der Waals surface area contributed by atoms with Crippen molar-refractivity contribution in [3.05, 3.63) is 59.2 Å². The Labute approximate surface area is 181 Å². The first kappa shape index (κ1) is 20.9. The van der Waals surface area contributed by atoms with Crippen molar-refractivity contribution < 1.29 is 23.9 Å². The van der Waals surface area contributed by atoms with Crippen LogP contribution in [0.3, 0.4) is 0 Å². The number of nitrogens with one attached hydrogen (secondary N) is 1. The van der Waals surface area contributed by atoms with Gasteiger partial charge in [0.15, 0.2) is 11.5 Å². The molecule has 1 atom stereocenters. The van der Waals surface area contributed by atoms with Crippen molar-refractivity contribution in [3.63, 3.8) is 0 Å². The second-order valence-electron chi connectivity index (χ2n) is 8.10. The Morgan fingerprint density at radius 1 is 1.00 bits per heavy atom. The molecule has 2 aliphatic rings. The molecule has 0 aromatic heterocycles. The molecule has 7 nitrogen and oxygen atoms in total. The number of fused-ring (bicyclic) bond motifs is 2. The summed E-state index contributed by atoms with van der Waals surface area (Å²) >= 11 is 0. The molecule has 3 amide bonds. The molecular formula is C24H26N2O5. The van der Waals surface area contributed by atoms with Crippen molar-refractivity contribution in [1.82, 2.24) is 10.2 Å². The quantitative estimate of drug-likeness (QED) is 0.692. The monoisotopic (exact) mass is 422 g/mol. The lowest BCUT2D eigenvalue weighted by molar-refractivity contribution is -0.122. The molecule has 0 radical (unpaired) electrons. The highest BCUT2D eigenvalue weighted by Crippen LogP contribution is 2.34. The summed E-state index contributed by atoms with van der Waals surface area (Å²) in [7, 11) is 0. The number of carbonyl (C=O) groups is 3. The molecule has 2 heterocycles. The average Bonchev–Trinajstić information content (AvgIpc) is 3.02. The minimum absolute atomic E-state index is 0.120. The molecule has 162 valence electrons. The molecule has 0 saturated carbocycles. The number of carbonyl (C=O) groups excluding carboxylic acids is 3. The number of ether oxygens (including phenoxy) is 2. The standard InChI is InChI=1S/C24H26N2O5/c1-15(2)22(16-9-10-19-20(14-16)31-13-12-30-19)25-21(27)8-5-11-26-23(28)17-6-3-4-7-18(17)24(26)29/h3-4,6-7,9-10,14-15,22H,5,8,11-13H2,1-2H3,(H,25,27)/t22-/m0/s1. The third-order valence-electron chi connectivity index (χ3n) is 5.57. The fourth-order valence-corrected chi connectivity index (χ4v) is 3.97. The van der Waals surface area contributed by atoms with E-state index in [1.807, 2.05) is 32.0 Å². The van der Waals surface area contributed by atoms with Crippen LogP contribution >= 0.6 is 0 Å². The van der Waals surface area contributed by atoms with Crippen LogP contribution < -0.4 is 14.8 Å². The van der Waals surface area contributed by atoms with Crippen molar-refractivity contribution in [2.45, 2.75) is 32.7 Å². The van der Waals surface area contributed by atoms with Crippen LogP contribution in [0.2, 0.25) is 0 Å². The Morgan fingerprint density at radius 2 is 1.65 bits per heavy atom. The summed E-state index contributed by atoms with van der Waals surface area (Å²) in [6.45, 7) is 5.34. The van der Waals surface area contributed by atoms with E-state index < -0.39 is 0 Å². The zero-order valence-corrected chi connectivity index (χ0v) is 17.7. The summed E-state index contributed by atoms with van der Waals surface area (Å²) in [5.74, 6) is 0.863. The van der Waals surface area contributed by atoms with E-state index in [0.717, 1.165) is 5.56 Å². The van der Waals surface area contributed by atoms with Crippen LogP contribution in [0.15, 0.2) is 42.5 Å². The highest BCUT2D eigenvalue weighted by molar-refractivity contribution is 6.21. The molecule has 2 aliphatic heterocycles. The van der Waals surface area contributed by atoms with Gasteiger partial charge in [-0.3, -0.25) is 19.3 Å². The maximum absolute atomic E-state index is 12.6. The molecular weight excluding hydrogens is 396 g/mol. The Balaban J connectivity index is 1.34. The molecule has 0 fully saturated rings. The number of imide groups is 1. The summed E-state index contributed by atoms with van der Waals surface area (Å²) in [5.41, 5.74) is 1.80. The van der Waals surface area contributed by atoms with Gasteiger partial charge < -0.3 is 14.8 Å². The fourth-order valence-electron chi connectivity index (χ4n) is 3.97. The molecule has 1 N–H and O–H groups in total. The van der Waals surface area contributed by atoms with E-state index in [1.165, 1.54) is 4.90 Å². The van der Waals surface area contributed by atoms with Gasteiger partial charge in [0.1, 0.15) is 13.2 Å². The second kappa shape index (κ2) is 8.79. The Hall–Kier alpha value is -3.35. The van der Waals surface area contributed by atoms with Gasteiger partial charge in [-0.05, 0) is 42.2 Å². The summed E-state index contributed by atoms with van der Waals surface area (Å²) in [6, 6.07) is 12.3. The van der Waals surface area contributed by atoms with E-state index >= 15 is 0 Å². The summed E-state index contributed by atoms with van der Waals surface area (Å²) in [6.07, 6.45) is 0.629. The normalized spacial score (nSPS) is 15.8. The third kappa shape index (κ3) is 4.26. The van der Waals surface area contributed by atoms with Gasteiger partial charge in [0.25, 0.3) is 11.8 Å². The van der Waals surface area contributed by atoms with Crippen molar-refractivity contribution in [2.24, 2.45) is 5.92 Å². The van der Waals surface area contributed by atoms with E-state index in [9.17, 15) is 14.4 Å². The first-order valence-electron chi connectivity index (χ1n) is 10.6. The first-order valence-corrected chi connectivity index (χ1v) is 10.6. The lowest BCUT2D eigenvalue weighted by Crippen LogP contribution is -2.34. The predicted octanol–water partition coefficient (Wildman–Crippen LogP) is 3.35. The van der Waals surface area contributed by atoms with Crippen LogP contribution in [0, 0.1) is 5.92 Å². The number of hydrogen-bond donors (Lipinski definition) is 1. The molecule has 0 saturated heterocycles. The van der Waals surface area contributed by atoms with Gasteiger partial charge in [-0.25, -0.2) is 0 Å². The number of hydrogen-bond acceptors (Lipinski definition) is 5. The van der Waals surface area contributed by atoms with Gasteiger partial charge in [-0.2, -0.15) is 0 Å². The van der Waals surface area contributed by atoms with Crippen LogP contribution in [0.5, 0.6) is 11.5 Å². The van der Waals surface area contributed by atoms with Crippen molar-refractivity contribution in [1.29, 1.82) is 0 Å². The van der Waals surface area contributed by atoms with E-state index in [4.69, 9.17) is 9.47 Å². The van der Waals surface area contributed by atoms with E-state index in [-0.39, 0.29) is 42.6 Å². The molecule has 2 aromatic rings. The molecule has 0 aliphatic carbocycles. The van der Waals surface area contributed by atoms with E-state index in [0.29, 0.717) is 42.3 Å². The first-order chi connectivity index (χ1) is 15.0. The van der Waals surface area contributed by atoms with Crippen LogP contribution in [-0.2, 0) is 4.79 Å². The van der Waals surface area contributed by atoms with Gasteiger partial charge in [0.2, 0.25) is 5.91 Å². The van der Waals surface area contributed by atoms with Gasteiger partial charge in [0, 0.05) is 13.0 Å². The molecule has 0 spiro atoms. The van der Waals surface area contributed by atoms with Crippen LogP contribution in [0.25, 0.3) is 0 Å². The predicted molar refractivity (Wildman–Crippen MR) is 114 cm³/mol. The van der Waals surface area contributed by atoms with Crippen molar-refractivity contribution >= 4 is 17.7 Å². The zero-order valence-electron chi connectivity index (χ0n) is 17.7. The molecule has 7 heteroatoms. The van der Waals surface area contributed by atoms with Gasteiger partial charge >= 0.3 is 0 Å². The third-order valence-corrected chi connectivity index (χ3v) is 5.57. The topological polar surface area (TPSA) is 84.9 Å². The highest BCUT2D eigenvalue weighted by Gasteiger charge is 2.34. The maximum atomic E-state index is 12.6.